The Kier molecular flexibility index (Phi) is 33.3. The lowest BCUT2D eigenvalue weighted by Crippen LogP contribution is -2.57. The molecule has 4 heterocycles. The van der Waals surface area contributed by atoms with Crippen molar-refractivity contribution in [2.75, 3.05) is 65.1 Å². The number of imidazole rings is 2. The number of hydrogen-bond acceptors (Lipinski definition) is 26. The summed E-state index contributed by atoms with van der Waals surface area (Å²) in [7, 11) is 6.19. The minimum Gasteiger partial charge on any atom is -0.469 e. The molecule has 2 amide bonds. The number of ether oxygens (including phenoxy) is 2. The van der Waals surface area contributed by atoms with E-state index in [1.54, 1.807) is 36.9 Å². The van der Waals surface area contributed by atoms with Crippen LogP contribution in [0, 0.1) is 5.92 Å². The first-order valence-corrected chi connectivity index (χ1v) is 37.7. The first kappa shape index (κ1) is 84.3. The van der Waals surface area contributed by atoms with Gasteiger partial charge in [0.05, 0.1) is 92.4 Å². The highest BCUT2D eigenvalue weighted by Gasteiger charge is 2.36. The molecule has 4 aromatic carbocycles. The monoisotopic (exact) mass is 1480 g/mol. The number of rotatable bonds is 44. The number of aromatic nitrogens is 4. The summed E-state index contributed by atoms with van der Waals surface area (Å²) in [5, 5.41) is 118. The maximum atomic E-state index is 14.1. The molecule has 0 fully saturated rings. The third kappa shape index (κ3) is 24.1. The number of amides is 2. The van der Waals surface area contributed by atoms with E-state index >= 15 is 0 Å². The Balaban J connectivity index is 0.782. The smallest absolute Gasteiger partial charge is 0.307 e. The number of hydrogen-bond donors (Lipinski definition) is 18. The molecule has 4 unspecified atom stereocenters. The number of carbonyl (C=O) groups excluding carboxylic acids is 4. The predicted molar refractivity (Wildman–Crippen MR) is 404 cm³/mol. The zero-order valence-electron chi connectivity index (χ0n) is 63.0. The van der Waals surface area contributed by atoms with Gasteiger partial charge in [-0.05, 0) is 149 Å². The summed E-state index contributed by atoms with van der Waals surface area (Å²) in [5.41, 5.74) is 7.67. The van der Waals surface area contributed by atoms with Gasteiger partial charge in [0.25, 0.3) is 0 Å². The summed E-state index contributed by atoms with van der Waals surface area (Å²) in [6, 6.07) is 22.0. The molecule has 0 radical (unpaired) electrons. The maximum Gasteiger partial charge on any atom is 0.307 e. The lowest BCUT2D eigenvalue weighted by atomic mass is 10.0. The number of esters is 2. The van der Waals surface area contributed by atoms with E-state index in [9.17, 15) is 60.0 Å². The normalized spacial score (nSPS) is 19.6. The van der Waals surface area contributed by atoms with Gasteiger partial charge in [0, 0.05) is 50.1 Å². The molecule has 2 aromatic heterocycles. The van der Waals surface area contributed by atoms with E-state index < -0.39 is 110 Å². The number of methoxy groups -OCH3 is 2. The zero-order valence-corrected chi connectivity index (χ0v) is 63.0. The minimum atomic E-state index is -1.24. The quantitative estimate of drug-likeness (QED) is 0.0146. The number of carbonyl (C=O) groups is 4. The van der Waals surface area contributed by atoms with Crippen LogP contribution in [0.25, 0.3) is 22.1 Å². The summed E-state index contributed by atoms with van der Waals surface area (Å²) in [5.74, 6) is -0.778. The van der Waals surface area contributed by atoms with Gasteiger partial charge in [-0.25, -0.2) is 9.97 Å². The molecule has 18 N–H and O–H groups in total. The zero-order chi connectivity index (χ0) is 76.6. The van der Waals surface area contributed by atoms with Crippen molar-refractivity contribution >= 4 is 57.2 Å². The Hall–Kier alpha value is -7.34. The number of anilines is 2. The summed E-state index contributed by atoms with van der Waals surface area (Å²) in [6.07, 6.45) is -3.58. The van der Waals surface area contributed by atoms with Gasteiger partial charge in [0.15, 0.2) is 0 Å². The highest BCUT2D eigenvalue weighted by molar-refractivity contribution is 5.82. The number of benzene rings is 4. The summed E-state index contributed by atoms with van der Waals surface area (Å²) < 4.78 is 9.97. The van der Waals surface area contributed by atoms with Crippen LogP contribution in [-0.4, -0.2) is 232 Å². The number of aliphatic hydroxyl groups excluding tert-OH is 8. The fourth-order valence-corrected chi connectivity index (χ4v) is 13.9. The largest absolute Gasteiger partial charge is 0.469 e. The number of aliphatic hydroxyl groups is 8. The van der Waals surface area contributed by atoms with Crippen molar-refractivity contribution < 1.29 is 69.5 Å². The Labute approximate surface area is 622 Å². The number of para-hydroxylation sites is 4. The molecule has 0 saturated carbocycles. The lowest BCUT2D eigenvalue weighted by Gasteiger charge is -2.32. The fraction of sp³-hybridized carbons (Fsp3) is 0.605. The van der Waals surface area contributed by atoms with Crippen LogP contribution in [-0.2, 0) is 54.8 Å². The molecule has 2 aliphatic heterocycles. The number of nitrogens with one attached hydrogen (secondary N) is 10. The van der Waals surface area contributed by atoms with E-state index in [4.69, 9.17) is 9.47 Å². The Bertz CT molecular complexity index is 3630. The Morgan fingerprint density at radius 2 is 1.03 bits per heavy atom. The van der Waals surface area contributed by atoms with E-state index in [1.165, 1.54) is 14.2 Å². The van der Waals surface area contributed by atoms with Crippen molar-refractivity contribution in [3.8, 4) is 0 Å². The molecule has 0 aliphatic carbocycles. The van der Waals surface area contributed by atoms with Gasteiger partial charge in [-0.15, -0.1) is 0 Å². The van der Waals surface area contributed by atoms with Gasteiger partial charge in [0.1, 0.15) is 61.5 Å². The molecule has 6 aromatic rings. The van der Waals surface area contributed by atoms with Crippen molar-refractivity contribution in [1.82, 2.24) is 71.4 Å². The van der Waals surface area contributed by atoms with Gasteiger partial charge in [0.2, 0.25) is 11.8 Å². The molecule has 2 aliphatic rings. The van der Waals surface area contributed by atoms with E-state index in [-0.39, 0.29) is 44.8 Å². The molecule has 15 atom stereocenters. The molecule has 0 bridgehead atoms. The van der Waals surface area contributed by atoms with Crippen LogP contribution in [0.5, 0.6) is 0 Å². The maximum absolute atomic E-state index is 14.1. The highest BCUT2D eigenvalue weighted by Crippen LogP contribution is 2.33. The molecule has 8 rings (SSSR count). The van der Waals surface area contributed by atoms with Crippen molar-refractivity contribution in [3.63, 3.8) is 0 Å². The van der Waals surface area contributed by atoms with Gasteiger partial charge in [-0.2, -0.15) is 0 Å². The second-order valence-electron chi connectivity index (χ2n) is 28.5. The molecule has 586 valence electrons. The highest BCUT2D eigenvalue weighted by atomic mass is 16.5. The van der Waals surface area contributed by atoms with E-state index in [2.05, 4.69) is 62.5 Å². The van der Waals surface area contributed by atoms with Crippen molar-refractivity contribution in [1.29, 1.82) is 0 Å². The second-order valence-corrected chi connectivity index (χ2v) is 28.5. The van der Waals surface area contributed by atoms with E-state index in [1.807, 2.05) is 116 Å². The average Bonchev–Trinajstić information content (AvgIpc) is 1.67. The van der Waals surface area contributed by atoms with Gasteiger partial charge >= 0.3 is 11.9 Å². The van der Waals surface area contributed by atoms with Crippen molar-refractivity contribution in [3.05, 3.63) is 119 Å². The van der Waals surface area contributed by atoms with Gasteiger partial charge < -0.3 is 81.6 Å². The van der Waals surface area contributed by atoms with Gasteiger partial charge in [-0.1, -0.05) is 96.7 Å². The fourth-order valence-electron chi connectivity index (χ4n) is 13.9. The molecule has 106 heavy (non-hydrogen) atoms. The summed E-state index contributed by atoms with van der Waals surface area (Å²) >= 11 is 0. The lowest BCUT2D eigenvalue weighted by molar-refractivity contribution is -0.143. The SMILES string of the molecule is CCCC(N[C@H](O)C(CCC)N[C@@H](O)CCC(C)[C@@H](O)N[C@@H](CCC)C(=O)NC(CCC)[C@@H](O)NCCCN1Cc2cc([C@@H](O)N(C)Cc3nc4ccccc4[nH]3)ccc2N[C@@H](CC(=O)OC)[C@H]1O)C(=O)NCCCN1Cc2cc([C@H](O)N(C)Cc3nc4ccccc4[nH]3)ccc2N[C@H](CC(=O)OC)[C@@H]1O. The molecular weight excluding hydrogens is 1360 g/mol. The topological polar surface area (TPSA) is 415 Å². The predicted octanol–water partition coefficient (Wildman–Crippen LogP) is 4.08. The van der Waals surface area contributed by atoms with Crippen LogP contribution in [0.3, 0.4) is 0 Å². The third-order valence-electron chi connectivity index (χ3n) is 20.0. The van der Waals surface area contributed by atoms with Crippen LogP contribution >= 0.6 is 0 Å². The average molecular weight is 1480 g/mol. The van der Waals surface area contributed by atoms with E-state index in [0.29, 0.717) is 138 Å². The summed E-state index contributed by atoms with van der Waals surface area (Å²) in [4.78, 5) is 76.3. The first-order valence-electron chi connectivity index (χ1n) is 37.7. The van der Waals surface area contributed by atoms with Gasteiger partial charge in [-0.3, -0.25) is 60.0 Å². The Morgan fingerprint density at radius 3 is 1.51 bits per heavy atom. The number of H-pyrrole nitrogens is 2. The standard InChI is InChI=1S/C76H118N16O14/c1-10-20-57(69(97)77-34-18-36-91-42-49-38-47(29-31-51(49)79-61(75(91)103)40-66(94)105-8)73(101)89(6)44-63-81-53-24-14-15-25-54(53)82-63)87-71(99)59(22-12-3)85-65(93)33-28-46(5)68(96)86-60(23-13-4)72(100)88-58(21-11-2)70(98)78-35-19-37-92-43-50-39-48(30-32-52(50)80-62(76(92)104)41-67(95)106-9)74(102)90(7)45-64-83-55-26-16-17-27-56(55)84-64/h14-17,24-27,29-32,38-39,46,57-62,65,68,70-71,73-76,78-80,85-87,93,96,98-99,101-104H,10-13,18-23,28,33-37,40-45H2,1-9H3,(H,77,97)(H,81,82)(H,83,84)(H,88,100)/t46?,57?,58?,59?,60-,61+,62-,65-,68+,70+,71+,73-,74+,75-,76+/m0/s1. The molecule has 30 nitrogen and oxygen atoms in total. The second kappa shape index (κ2) is 41.8. The minimum absolute atomic E-state index is 0.113. The van der Waals surface area contributed by atoms with Crippen molar-refractivity contribution in [2.45, 2.75) is 237 Å². The van der Waals surface area contributed by atoms with Crippen LogP contribution in [0.1, 0.15) is 171 Å². The number of aromatic amines is 2. The molecule has 30 heteroatoms. The third-order valence-corrected chi connectivity index (χ3v) is 20.0. The van der Waals surface area contributed by atoms with Crippen LogP contribution in [0.2, 0.25) is 0 Å². The molecule has 0 spiro atoms. The first-order chi connectivity index (χ1) is 50.9. The number of nitrogens with zero attached hydrogens (tertiary/aromatic N) is 6. The van der Waals surface area contributed by atoms with E-state index in [0.717, 1.165) is 33.2 Å². The summed E-state index contributed by atoms with van der Waals surface area (Å²) in [6.45, 7) is 12.0. The van der Waals surface area contributed by atoms with Crippen LogP contribution in [0.15, 0.2) is 84.9 Å². The Morgan fingerprint density at radius 1 is 0.566 bits per heavy atom. The number of fused-ring (bicyclic) bond motifs is 4. The van der Waals surface area contributed by atoms with Crippen molar-refractivity contribution in [2.24, 2.45) is 5.92 Å². The molecular formula is C76H118N16O14. The van der Waals surface area contributed by atoms with Crippen LogP contribution in [0.4, 0.5) is 11.4 Å². The van der Waals surface area contributed by atoms with Crippen LogP contribution < -0.4 is 42.5 Å². The molecule has 0 saturated heterocycles.